The molecule has 0 radical (unpaired) electrons. The van der Waals surface area contributed by atoms with E-state index >= 15 is 0 Å². The highest BCUT2D eigenvalue weighted by atomic mass is 16.5. The number of nitrogens with zero attached hydrogens (tertiary/aromatic N) is 3. The van der Waals surface area contributed by atoms with Crippen molar-refractivity contribution in [3.05, 3.63) is 36.4 Å². The lowest BCUT2D eigenvalue weighted by Crippen LogP contribution is -2.29. The van der Waals surface area contributed by atoms with E-state index < -0.39 is 12.6 Å². The number of phenols is 2. The second-order valence-corrected chi connectivity index (χ2v) is 7.12. The lowest BCUT2D eigenvalue weighted by Gasteiger charge is -2.11. The zero-order chi connectivity index (χ0) is 26.1. The maximum absolute atomic E-state index is 11.6. The second-order valence-electron chi connectivity index (χ2n) is 7.12. The number of rotatable bonds is 11. The fraction of sp³-hybridized carbons (Fsp3) is 0.261. The summed E-state index contributed by atoms with van der Waals surface area (Å²) in [5, 5.41) is 34.5. The van der Waals surface area contributed by atoms with Crippen LogP contribution in [0.15, 0.2) is 36.4 Å². The number of likely N-dealkylation sites (N-methyl/N-ethyl adjacent to an activating group) is 1. The molecule has 3 rings (SSSR count). The highest BCUT2D eigenvalue weighted by molar-refractivity contribution is 5.78. The van der Waals surface area contributed by atoms with Gasteiger partial charge in [0.25, 0.3) is 11.8 Å². The number of amides is 2. The summed E-state index contributed by atoms with van der Waals surface area (Å²) >= 11 is 0. The van der Waals surface area contributed by atoms with Crippen molar-refractivity contribution in [2.45, 2.75) is 6.92 Å². The first-order chi connectivity index (χ1) is 17.3. The van der Waals surface area contributed by atoms with Crippen LogP contribution in [0.5, 0.6) is 29.0 Å². The van der Waals surface area contributed by atoms with Gasteiger partial charge in [0.1, 0.15) is 29.7 Å². The molecule has 0 saturated heterocycles. The van der Waals surface area contributed by atoms with E-state index in [2.05, 4.69) is 25.6 Å². The topological polar surface area (TPSA) is 185 Å². The molecule has 2 aromatic carbocycles. The van der Waals surface area contributed by atoms with E-state index in [4.69, 9.17) is 19.3 Å². The quantitative estimate of drug-likeness (QED) is 0.232. The van der Waals surface area contributed by atoms with Crippen LogP contribution in [0.3, 0.4) is 0 Å². The molecule has 0 spiro atoms. The third-order valence-electron chi connectivity index (χ3n) is 4.61. The Morgan fingerprint density at radius 1 is 0.833 bits per heavy atom. The van der Waals surface area contributed by atoms with Crippen molar-refractivity contribution in [1.82, 2.24) is 25.6 Å². The van der Waals surface area contributed by atoms with Crippen LogP contribution in [0.4, 0.5) is 0 Å². The molecule has 2 amide bonds. The molecule has 0 saturated carbocycles. The van der Waals surface area contributed by atoms with Gasteiger partial charge in [-0.3, -0.25) is 9.59 Å². The normalized spacial score (nSPS) is 10.4. The number of hydrogen-bond donors (Lipinski definition) is 5. The van der Waals surface area contributed by atoms with E-state index in [9.17, 15) is 19.8 Å². The third-order valence-corrected chi connectivity index (χ3v) is 4.61. The Bertz CT molecular complexity index is 1150. The molecular weight excluding hydrogens is 474 g/mol. The van der Waals surface area contributed by atoms with Crippen molar-refractivity contribution in [3.8, 4) is 51.8 Å². The van der Waals surface area contributed by atoms with Gasteiger partial charge in [-0.2, -0.15) is 9.97 Å². The predicted molar refractivity (Wildman–Crippen MR) is 125 cm³/mol. The van der Waals surface area contributed by atoms with Crippen LogP contribution in [0, 0.1) is 0 Å². The van der Waals surface area contributed by atoms with Gasteiger partial charge in [0.05, 0.1) is 18.2 Å². The van der Waals surface area contributed by atoms with Crippen molar-refractivity contribution in [1.29, 1.82) is 0 Å². The zero-order valence-electron chi connectivity index (χ0n) is 19.5. The Hall–Kier alpha value is -4.65. The summed E-state index contributed by atoms with van der Waals surface area (Å²) in [6.45, 7) is 1.19. The van der Waals surface area contributed by atoms with Crippen LogP contribution in [0.25, 0.3) is 22.8 Å². The minimum Gasteiger partial charge on any atom is -0.507 e. The second kappa shape index (κ2) is 12.2. The third kappa shape index (κ3) is 6.70. The lowest BCUT2D eigenvalue weighted by molar-refractivity contribution is -0.124. The first kappa shape index (κ1) is 26.0. The van der Waals surface area contributed by atoms with Crippen molar-refractivity contribution in [2.75, 3.05) is 33.6 Å². The number of benzene rings is 2. The Labute approximate surface area is 205 Å². The van der Waals surface area contributed by atoms with Gasteiger partial charge < -0.3 is 40.2 Å². The number of nitrogens with one attached hydrogen (secondary N) is 2. The standard InChI is InChI=1S/C23H25N5O8/c1-3-24-19(32)10-35-13-4-6-15(17(30)8-13)21-26-22(28-23(27-21)34-2)16-7-5-14(9-18(16)31)36-11-20(33)25-12-29/h4-9,29-31H,3,10-12H2,1-2H3,(H,24,32)(H,25,33). The average molecular weight is 499 g/mol. The van der Waals surface area contributed by atoms with E-state index in [1.807, 2.05) is 0 Å². The molecule has 13 nitrogen and oxygen atoms in total. The SMILES string of the molecule is CCNC(=O)COc1ccc(-c2nc(OC)nc(-c3ccc(OCC(=O)NCO)cc3O)n2)c(O)c1. The summed E-state index contributed by atoms with van der Waals surface area (Å²) in [6.07, 6.45) is 0. The van der Waals surface area contributed by atoms with Crippen LogP contribution in [0.2, 0.25) is 0 Å². The lowest BCUT2D eigenvalue weighted by atomic mass is 10.1. The number of carbonyl (C=O) groups is 2. The van der Waals surface area contributed by atoms with Crippen LogP contribution < -0.4 is 24.8 Å². The molecule has 13 heteroatoms. The number of aromatic nitrogens is 3. The van der Waals surface area contributed by atoms with Crippen LogP contribution in [-0.4, -0.2) is 75.7 Å². The van der Waals surface area contributed by atoms with Crippen molar-refractivity contribution >= 4 is 11.8 Å². The maximum Gasteiger partial charge on any atom is 0.320 e. The minimum atomic E-state index is -0.534. The van der Waals surface area contributed by atoms with Gasteiger partial charge >= 0.3 is 6.01 Å². The Kier molecular flexibility index (Phi) is 8.78. The summed E-state index contributed by atoms with van der Waals surface area (Å²) in [6, 6.07) is 8.56. The summed E-state index contributed by atoms with van der Waals surface area (Å²) in [4.78, 5) is 35.7. The van der Waals surface area contributed by atoms with Crippen LogP contribution >= 0.6 is 0 Å². The molecule has 0 fully saturated rings. The van der Waals surface area contributed by atoms with Crippen molar-refractivity contribution < 1.29 is 39.1 Å². The Morgan fingerprint density at radius 3 is 1.75 bits per heavy atom. The fourth-order valence-corrected chi connectivity index (χ4v) is 2.95. The Morgan fingerprint density at radius 2 is 1.33 bits per heavy atom. The van der Waals surface area contributed by atoms with E-state index in [-0.39, 0.29) is 70.9 Å². The van der Waals surface area contributed by atoms with Crippen molar-refractivity contribution in [2.24, 2.45) is 0 Å². The Balaban J connectivity index is 1.85. The first-order valence-corrected chi connectivity index (χ1v) is 10.7. The number of carbonyl (C=O) groups excluding carboxylic acids is 2. The van der Waals surface area contributed by atoms with E-state index in [0.29, 0.717) is 6.54 Å². The molecule has 36 heavy (non-hydrogen) atoms. The van der Waals surface area contributed by atoms with Gasteiger partial charge in [-0.05, 0) is 31.2 Å². The highest BCUT2D eigenvalue weighted by Crippen LogP contribution is 2.35. The molecule has 0 atom stereocenters. The number of aromatic hydroxyl groups is 2. The molecule has 0 aliphatic carbocycles. The van der Waals surface area contributed by atoms with Crippen molar-refractivity contribution in [3.63, 3.8) is 0 Å². The van der Waals surface area contributed by atoms with E-state index in [1.54, 1.807) is 13.0 Å². The predicted octanol–water partition coefficient (Wildman–Crippen LogP) is 0.585. The minimum absolute atomic E-state index is 0.0508. The number of phenolic OH excluding ortho intramolecular Hbond substituents is 2. The molecular formula is C23H25N5O8. The summed E-state index contributed by atoms with van der Waals surface area (Å²) < 4.78 is 15.8. The molecule has 190 valence electrons. The van der Waals surface area contributed by atoms with Gasteiger partial charge in [-0.25, -0.2) is 4.98 Å². The summed E-state index contributed by atoms with van der Waals surface area (Å²) in [5.41, 5.74) is 0.446. The molecule has 0 aliphatic rings. The summed E-state index contributed by atoms with van der Waals surface area (Å²) in [7, 11) is 1.36. The number of ether oxygens (including phenoxy) is 3. The largest absolute Gasteiger partial charge is 0.507 e. The van der Waals surface area contributed by atoms with Gasteiger partial charge in [0.15, 0.2) is 24.9 Å². The molecule has 0 aliphatic heterocycles. The number of hydrogen-bond acceptors (Lipinski definition) is 11. The highest BCUT2D eigenvalue weighted by Gasteiger charge is 2.17. The maximum atomic E-state index is 11.6. The van der Waals surface area contributed by atoms with Gasteiger partial charge in [0.2, 0.25) is 0 Å². The molecule has 3 aromatic rings. The van der Waals surface area contributed by atoms with Crippen LogP contribution in [0.1, 0.15) is 6.92 Å². The smallest absolute Gasteiger partial charge is 0.320 e. The monoisotopic (exact) mass is 499 g/mol. The van der Waals surface area contributed by atoms with Crippen LogP contribution in [-0.2, 0) is 9.59 Å². The molecule has 0 bridgehead atoms. The molecule has 1 aromatic heterocycles. The van der Waals surface area contributed by atoms with E-state index in [0.717, 1.165) is 0 Å². The molecule has 5 N–H and O–H groups in total. The first-order valence-electron chi connectivity index (χ1n) is 10.7. The number of aliphatic hydroxyl groups excluding tert-OH is 1. The van der Waals surface area contributed by atoms with Gasteiger partial charge in [-0.1, -0.05) is 0 Å². The van der Waals surface area contributed by atoms with Gasteiger partial charge in [-0.15, -0.1) is 0 Å². The zero-order valence-corrected chi connectivity index (χ0v) is 19.5. The van der Waals surface area contributed by atoms with E-state index in [1.165, 1.54) is 37.4 Å². The summed E-state index contributed by atoms with van der Waals surface area (Å²) in [5.74, 6) is -0.703. The van der Waals surface area contributed by atoms with Gasteiger partial charge in [0, 0.05) is 18.7 Å². The fourth-order valence-electron chi connectivity index (χ4n) is 2.95. The molecule has 1 heterocycles. The molecule has 0 unspecified atom stereocenters. The average Bonchev–Trinajstić information content (AvgIpc) is 2.86. The number of methoxy groups -OCH3 is 1. The number of aliphatic hydroxyl groups is 1.